The van der Waals surface area contributed by atoms with Gasteiger partial charge in [-0.2, -0.15) is 0 Å². The number of hydrogen-bond donors (Lipinski definition) is 1. The average molecular weight is 184 g/mol. The topological polar surface area (TPSA) is 26.0 Å². The Morgan fingerprint density at radius 3 is 2.75 bits per heavy atom. The van der Waals surface area contributed by atoms with Crippen molar-refractivity contribution in [2.75, 3.05) is 6.54 Å². The van der Waals surface area contributed by atoms with Crippen molar-refractivity contribution in [2.45, 2.75) is 19.8 Å². The minimum absolute atomic E-state index is 0.727. The molecule has 1 nitrogen and oxygen atoms in total. The normalized spacial score (nSPS) is 10.2. The van der Waals surface area contributed by atoms with Crippen LogP contribution in [-0.4, -0.2) is 6.54 Å². The number of aryl methyl sites for hydroxylation is 1. The standard InChI is InChI=1S/C10H14ClN/c1-8-4-2-6-10(11)9(8)5-3-7-12/h2,4,6H,3,5,7,12H2,1H3. The molecular weight excluding hydrogens is 170 g/mol. The summed E-state index contributed by atoms with van der Waals surface area (Å²) < 4.78 is 0. The van der Waals surface area contributed by atoms with Crippen LogP contribution < -0.4 is 5.73 Å². The van der Waals surface area contributed by atoms with Gasteiger partial charge in [-0.3, -0.25) is 0 Å². The molecule has 12 heavy (non-hydrogen) atoms. The van der Waals surface area contributed by atoms with Crippen molar-refractivity contribution in [1.29, 1.82) is 0 Å². The zero-order valence-corrected chi connectivity index (χ0v) is 8.06. The summed E-state index contributed by atoms with van der Waals surface area (Å²) in [5.74, 6) is 0. The Kier molecular flexibility index (Phi) is 3.57. The van der Waals surface area contributed by atoms with Crippen LogP contribution >= 0.6 is 11.6 Å². The van der Waals surface area contributed by atoms with Crippen LogP contribution in [0.1, 0.15) is 17.5 Å². The molecule has 0 fully saturated rings. The smallest absolute Gasteiger partial charge is 0.0440 e. The lowest BCUT2D eigenvalue weighted by atomic mass is 10.0. The lowest BCUT2D eigenvalue weighted by molar-refractivity contribution is 0.828. The molecule has 2 N–H and O–H groups in total. The van der Waals surface area contributed by atoms with E-state index < -0.39 is 0 Å². The molecule has 0 aliphatic carbocycles. The maximum absolute atomic E-state index is 6.02. The quantitative estimate of drug-likeness (QED) is 0.766. The molecule has 1 rings (SSSR count). The predicted octanol–water partition coefficient (Wildman–Crippen LogP) is 2.54. The second-order valence-corrected chi connectivity index (χ2v) is 3.33. The highest BCUT2D eigenvalue weighted by atomic mass is 35.5. The first-order valence-corrected chi connectivity index (χ1v) is 4.57. The van der Waals surface area contributed by atoms with Gasteiger partial charge in [-0.25, -0.2) is 0 Å². The average Bonchev–Trinajstić information content (AvgIpc) is 2.04. The molecule has 0 aliphatic rings. The van der Waals surface area contributed by atoms with E-state index in [1.165, 1.54) is 11.1 Å². The Bertz CT molecular complexity index is 238. The van der Waals surface area contributed by atoms with Crippen LogP contribution in [0.25, 0.3) is 0 Å². The lowest BCUT2D eigenvalue weighted by Gasteiger charge is -2.06. The number of halogens is 1. The van der Waals surface area contributed by atoms with E-state index in [1.807, 2.05) is 12.1 Å². The first kappa shape index (κ1) is 9.56. The summed E-state index contributed by atoms with van der Waals surface area (Å²) in [5, 5.41) is 0.864. The summed E-state index contributed by atoms with van der Waals surface area (Å²) >= 11 is 6.02. The number of hydrogen-bond acceptors (Lipinski definition) is 1. The number of nitrogens with two attached hydrogens (primary N) is 1. The zero-order valence-electron chi connectivity index (χ0n) is 7.31. The minimum Gasteiger partial charge on any atom is -0.330 e. The molecule has 1 aromatic rings. The van der Waals surface area contributed by atoms with Crippen molar-refractivity contribution in [3.8, 4) is 0 Å². The van der Waals surface area contributed by atoms with Gasteiger partial charge < -0.3 is 5.73 Å². The molecule has 66 valence electrons. The van der Waals surface area contributed by atoms with Crippen molar-refractivity contribution >= 4 is 11.6 Å². The van der Waals surface area contributed by atoms with Gasteiger partial charge >= 0.3 is 0 Å². The Labute approximate surface area is 78.5 Å². The Morgan fingerprint density at radius 1 is 1.42 bits per heavy atom. The molecular formula is C10H14ClN. The molecule has 1 aromatic carbocycles. The van der Waals surface area contributed by atoms with Crippen molar-refractivity contribution in [3.63, 3.8) is 0 Å². The van der Waals surface area contributed by atoms with Crippen LogP contribution in [0.3, 0.4) is 0 Å². The van der Waals surface area contributed by atoms with Gasteiger partial charge in [-0.05, 0) is 43.5 Å². The first-order chi connectivity index (χ1) is 5.75. The van der Waals surface area contributed by atoms with E-state index >= 15 is 0 Å². The fourth-order valence-electron chi connectivity index (χ4n) is 1.26. The molecule has 0 saturated carbocycles. The van der Waals surface area contributed by atoms with Gasteiger partial charge in [-0.1, -0.05) is 23.7 Å². The van der Waals surface area contributed by atoms with Crippen LogP contribution in [0.5, 0.6) is 0 Å². The van der Waals surface area contributed by atoms with E-state index in [0.717, 1.165) is 24.4 Å². The van der Waals surface area contributed by atoms with E-state index in [9.17, 15) is 0 Å². The van der Waals surface area contributed by atoms with Crippen LogP contribution in [0, 0.1) is 6.92 Å². The fourth-order valence-corrected chi connectivity index (χ4v) is 1.58. The van der Waals surface area contributed by atoms with Crippen LogP contribution in [0.4, 0.5) is 0 Å². The highest BCUT2D eigenvalue weighted by Crippen LogP contribution is 2.20. The Balaban J connectivity index is 2.81. The largest absolute Gasteiger partial charge is 0.330 e. The second kappa shape index (κ2) is 4.48. The van der Waals surface area contributed by atoms with Gasteiger partial charge in [0.15, 0.2) is 0 Å². The molecule has 0 heterocycles. The molecule has 0 aromatic heterocycles. The van der Waals surface area contributed by atoms with Gasteiger partial charge in [-0.15, -0.1) is 0 Å². The molecule has 0 atom stereocenters. The summed E-state index contributed by atoms with van der Waals surface area (Å²) in [6.07, 6.45) is 1.99. The van der Waals surface area contributed by atoms with E-state index in [2.05, 4.69) is 13.0 Å². The third-order valence-electron chi connectivity index (χ3n) is 1.98. The van der Waals surface area contributed by atoms with Crippen molar-refractivity contribution in [1.82, 2.24) is 0 Å². The molecule has 0 aliphatic heterocycles. The van der Waals surface area contributed by atoms with Crippen molar-refractivity contribution in [2.24, 2.45) is 5.73 Å². The van der Waals surface area contributed by atoms with E-state index in [0.29, 0.717) is 0 Å². The van der Waals surface area contributed by atoms with Gasteiger partial charge in [0.25, 0.3) is 0 Å². The van der Waals surface area contributed by atoms with Crippen LogP contribution in [0.15, 0.2) is 18.2 Å². The Hall–Kier alpha value is -0.530. The molecule has 0 radical (unpaired) electrons. The minimum atomic E-state index is 0.727. The molecule has 0 amide bonds. The molecule has 2 heteroatoms. The van der Waals surface area contributed by atoms with Crippen LogP contribution in [0.2, 0.25) is 5.02 Å². The van der Waals surface area contributed by atoms with Crippen molar-refractivity contribution in [3.05, 3.63) is 34.3 Å². The fraction of sp³-hybridized carbons (Fsp3) is 0.400. The van der Waals surface area contributed by atoms with E-state index in [4.69, 9.17) is 17.3 Å². The summed E-state index contributed by atoms with van der Waals surface area (Å²) in [4.78, 5) is 0. The van der Waals surface area contributed by atoms with E-state index in [1.54, 1.807) is 0 Å². The molecule has 0 saturated heterocycles. The number of rotatable bonds is 3. The maximum Gasteiger partial charge on any atom is 0.0440 e. The van der Waals surface area contributed by atoms with Gasteiger partial charge in [0.2, 0.25) is 0 Å². The van der Waals surface area contributed by atoms with Gasteiger partial charge in [0.1, 0.15) is 0 Å². The summed E-state index contributed by atoms with van der Waals surface area (Å²) in [6.45, 7) is 2.81. The highest BCUT2D eigenvalue weighted by molar-refractivity contribution is 6.31. The third-order valence-corrected chi connectivity index (χ3v) is 2.34. The predicted molar refractivity (Wildman–Crippen MR) is 53.6 cm³/mol. The van der Waals surface area contributed by atoms with Gasteiger partial charge in [0, 0.05) is 5.02 Å². The van der Waals surface area contributed by atoms with E-state index in [-0.39, 0.29) is 0 Å². The Morgan fingerprint density at radius 2 is 2.17 bits per heavy atom. The highest BCUT2D eigenvalue weighted by Gasteiger charge is 2.01. The first-order valence-electron chi connectivity index (χ1n) is 4.19. The van der Waals surface area contributed by atoms with Crippen molar-refractivity contribution < 1.29 is 0 Å². The summed E-state index contributed by atoms with van der Waals surface area (Å²) in [7, 11) is 0. The summed E-state index contributed by atoms with van der Waals surface area (Å²) in [5.41, 5.74) is 7.93. The number of benzene rings is 1. The maximum atomic E-state index is 6.02. The van der Waals surface area contributed by atoms with Crippen LogP contribution in [-0.2, 0) is 6.42 Å². The lowest BCUT2D eigenvalue weighted by Crippen LogP contribution is -2.01. The molecule has 0 spiro atoms. The second-order valence-electron chi connectivity index (χ2n) is 2.93. The monoisotopic (exact) mass is 183 g/mol. The zero-order chi connectivity index (χ0) is 8.97. The molecule has 0 bridgehead atoms. The van der Waals surface area contributed by atoms with Gasteiger partial charge in [0.05, 0.1) is 0 Å². The molecule has 0 unspecified atom stereocenters. The third kappa shape index (κ3) is 2.23. The SMILES string of the molecule is Cc1cccc(Cl)c1CCCN. The summed E-state index contributed by atoms with van der Waals surface area (Å²) in [6, 6.07) is 5.99.